The summed E-state index contributed by atoms with van der Waals surface area (Å²) < 4.78 is 0. The van der Waals surface area contributed by atoms with Crippen LogP contribution in [0.5, 0.6) is 0 Å². The predicted molar refractivity (Wildman–Crippen MR) is 109 cm³/mol. The zero-order chi connectivity index (χ0) is 19.2. The molecule has 0 fully saturated rings. The summed E-state index contributed by atoms with van der Waals surface area (Å²) >= 11 is 0. The molecule has 0 bridgehead atoms. The molecule has 136 valence electrons. The van der Waals surface area contributed by atoms with E-state index in [0.29, 0.717) is 11.1 Å². The van der Waals surface area contributed by atoms with Gasteiger partial charge in [0.2, 0.25) is 0 Å². The molecule has 0 radical (unpaired) electrons. The number of rotatable bonds is 5. The molecule has 3 aromatic rings. The first-order valence-electron chi connectivity index (χ1n) is 8.92. The predicted octanol–water partition coefficient (Wildman–Crippen LogP) is 4.78. The first kappa shape index (κ1) is 18.4. The molecule has 0 saturated carbocycles. The molecule has 0 saturated heterocycles. The highest BCUT2D eigenvalue weighted by Crippen LogP contribution is 2.18. The number of aryl methyl sites for hydroxylation is 1. The normalized spacial score (nSPS) is 10.3. The van der Waals surface area contributed by atoms with Crippen LogP contribution >= 0.6 is 0 Å². The summed E-state index contributed by atoms with van der Waals surface area (Å²) in [5, 5.41) is 2.94. The Bertz CT molecular complexity index is 934. The molecule has 0 aromatic heterocycles. The molecular weight excluding hydrogens is 336 g/mol. The van der Waals surface area contributed by atoms with Crippen LogP contribution < -0.4 is 10.2 Å². The highest BCUT2D eigenvalue weighted by atomic mass is 16.2. The van der Waals surface area contributed by atoms with E-state index in [2.05, 4.69) is 12.2 Å². The third-order valence-corrected chi connectivity index (χ3v) is 4.49. The van der Waals surface area contributed by atoms with Crippen molar-refractivity contribution in [2.75, 3.05) is 17.3 Å². The third-order valence-electron chi connectivity index (χ3n) is 4.49. The molecule has 3 aromatic carbocycles. The number of carbonyl (C=O) groups excluding carboxylic acids is 2. The molecule has 0 atom stereocenters. The molecule has 27 heavy (non-hydrogen) atoms. The van der Waals surface area contributed by atoms with Crippen LogP contribution in [0.1, 0.15) is 33.2 Å². The molecule has 0 spiro atoms. The second-order valence-corrected chi connectivity index (χ2v) is 6.24. The summed E-state index contributed by atoms with van der Waals surface area (Å²) in [6.45, 7) is 2.05. The summed E-state index contributed by atoms with van der Waals surface area (Å²) in [5.41, 5.74) is 3.77. The van der Waals surface area contributed by atoms with Crippen LogP contribution in [0.25, 0.3) is 0 Å². The smallest absolute Gasteiger partial charge is 0.258 e. The summed E-state index contributed by atoms with van der Waals surface area (Å²) in [6.07, 6.45) is 0.843. The van der Waals surface area contributed by atoms with Gasteiger partial charge in [-0.05, 0) is 54.4 Å². The molecule has 3 rings (SSSR count). The lowest BCUT2D eigenvalue weighted by molar-refractivity contribution is 0.0989. The number of nitrogens with one attached hydrogen (secondary N) is 1. The second-order valence-electron chi connectivity index (χ2n) is 6.24. The minimum atomic E-state index is -0.189. The van der Waals surface area contributed by atoms with Crippen molar-refractivity contribution in [1.82, 2.24) is 0 Å². The van der Waals surface area contributed by atoms with E-state index in [-0.39, 0.29) is 11.8 Å². The van der Waals surface area contributed by atoms with Gasteiger partial charge in [0.1, 0.15) is 0 Å². The first-order chi connectivity index (χ1) is 13.1. The first-order valence-corrected chi connectivity index (χ1v) is 8.92. The maximum Gasteiger partial charge on any atom is 0.258 e. The van der Waals surface area contributed by atoms with Crippen LogP contribution in [0.4, 0.5) is 11.4 Å². The topological polar surface area (TPSA) is 49.4 Å². The van der Waals surface area contributed by atoms with Crippen molar-refractivity contribution in [2.24, 2.45) is 0 Å². The maximum absolute atomic E-state index is 12.6. The average molecular weight is 358 g/mol. The van der Waals surface area contributed by atoms with E-state index in [1.165, 1.54) is 0 Å². The summed E-state index contributed by atoms with van der Waals surface area (Å²) in [4.78, 5) is 26.7. The number of anilines is 2. The van der Waals surface area contributed by atoms with Crippen molar-refractivity contribution >= 4 is 23.2 Å². The largest absolute Gasteiger partial charge is 0.322 e. The van der Waals surface area contributed by atoms with E-state index < -0.39 is 0 Å². The molecule has 2 amide bonds. The minimum Gasteiger partial charge on any atom is -0.322 e. The third kappa shape index (κ3) is 4.23. The van der Waals surface area contributed by atoms with E-state index in [4.69, 9.17) is 0 Å². The van der Waals surface area contributed by atoms with Crippen LogP contribution in [-0.2, 0) is 6.42 Å². The van der Waals surface area contributed by atoms with Crippen LogP contribution in [-0.4, -0.2) is 18.9 Å². The maximum atomic E-state index is 12.6. The molecule has 4 nitrogen and oxygen atoms in total. The van der Waals surface area contributed by atoms with E-state index in [1.807, 2.05) is 54.6 Å². The van der Waals surface area contributed by atoms with Crippen LogP contribution in [0.3, 0.4) is 0 Å². The number of benzene rings is 3. The Morgan fingerprint density at radius 2 is 1.41 bits per heavy atom. The highest BCUT2D eigenvalue weighted by Gasteiger charge is 2.14. The van der Waals surface area contributed by atoms with Gasteiger partial charge >= 0.3 is 0 Å². The Hall–Kier alpha value is -3.40. The van der Waals surface area contributed by atoms with Crippen LogP contribution in [0.15, 0.2) is 78.9 Å². The van der Waals surface area contributed by atoms with Gasteiger partial charge in [0.25, 0.3) is 11.8 Å². The van der Waals surface area contributed by atoms with Gasteiger partial charge in [-0.2, -0.15) is 0 Å². The number of hydrogen-bond donors (Lipinski definition) is 1. The van der Waals surface area contributed by atoms with Gasteiger partial charge in [-0.3, -0.25) is 9.59 Å². The minimum absolute atomic E-state index is 0.121. The summed E-state index contributed by atoms with van der Waals surface area (Å²) in [7, 11) is 1.74. The van der Waals surface area contributed by atoms with E-state index in [1.54, 1.807) is 36.2 Å². The SMILES string of the molecule is CCc1ccccc1NC(=O)c1ccc(C(=O)N(C)c2ccccc2)cc1. The van der Waals surface area contributed by atoms with Crippen molar-refractivity contribution < 1.29 is 9.59 Å². The van der Waals surface area contributed by atoms with Crippen molar-refractivity contribution in [3.8, 4) is 0 Å². The summed E-state index contributed by atoms with van der Waals surface area (Å²) in [5.74, 6) is -0.309. The Morgan fingerprint density at radius 3 is 2.07 bits per heavy atom. The standard InChI is InChI=1S/C23H22N2O2/c1-3-17-9-7-8-12-21(17)24-22(26)18-13-15-19(16-14-18)23(27)25(2)20-10-5-4-6-11-20/h4-16H,3H2,1-2H3,(H,24,26). The fourth-order valence-corrected chi connectivity index (χ4v) is 2.87. The van der Waals surface area contributed by atoms with Crippen LogP contribution in [0.2, 0.25) is 0 Å². The number of carbonyl (C=O) groups is 2. The Balaban J connectivity index is 1.73. The average Bonchev–Trinajstić information content (AvgIpc) is 2.73. The lowest BCUT2D eigenvalue weighted by atomic mass is 10.1. The monoisotopic (exact) mass is 358 g/mol. The molecule has 0 aliphatic heterocycles. The molecule has 0 heterocycles. The van der Waals surface area contributed by atoms with Crippen molar-refractivity contribution in [1.29, 1.82) is 0 Å². The van der Waals surface area contributed by atoms with Crippen molar-refractivity contribution in [2.45, 2.75) is 13.3 Å². The van der Waals surface area contributed by atoms with Gasteiger partial charge in [0.15, 0.2) is 0 Å². The molecular formula is C23H22N2O2. The fraction of sp³-hybridized carbons (Fsp3) is 0.130. The van der Waals surface area contributed by atoms with Gasteiger partial charge in [-0.15, -0.1) is 0 Å². The van der Waals surface area contributed by atoms with E-state index >= 15 is 0 Å². The van der Waals surface area contributed by atoms with Gasteiger partial charge < -0.3 is 10.2 Å². The number of nitrogens with zero attached hydrogens (tertiary/aromatic N) is 1. The fourth-order valence-electron chi connectivity index (χ4n) is 2.87. The van der Waals surface area contributed by atoms with Crippen molar-refractivity contribution in [3.63, 3.8) is 0 Å². The van der Waals surface area contributed by atoms with E-state index in [0.717, 1.165) is 23.4 Å². The Labute approximate surface area is 159 Å². The van der Waals surface area contributed by atoms with Gasteiger partial charge in [0, 0.05) is 29.5 Å². The Morgan fingerprint density at radius 1 is 0.815 bits per heavy atom. The second kappa shape index (κ2) is 8.32. The highest BCUT2D eigenvalue weighted by molar-refractivity contribution is 6.08. The van der Waals surface area contributed by atoms with Gasteiger partial charge in [-0.25, -0.2) is 0 Å². The van der Waals surface area contributed by atoms with Crippen LogP contribution in [0, 0.1) is 0 Å². The lowest BCUT2D eigenvalue weighted by Gasteiger charge is -2.17. The number of hydrogen-bond acceptors (Lipinski definition) is 2. The molecule has 0 aliphatic carbocycles. The number of amides is 2. The Kier molecular flexibility index (Phi) is 5.67. The van der Waals surface area contributed by atoms with Gasteiger partial charge in [0.05, 0.1) is 0 Å². The van der Waals surface area contributed by atoms with Gasteiger partial charge in [-0.1, -0.05) is 43.3 Å². The zero-order valence-corrected chi connectivity index (χ0v) is 15.5. The molecule has 0 aliphatic rings. The lowest BCUT2D eigenvalue weighted by Crippen LogP contribution is -2.26. The quantitative estimate of drug-likeness (QED) is 0.714. The summed E-state index contributed by atoms with van der Waals surface area (Å²) in [6, 6.07) is 23.9. The zero-order valence-electron chi connectivity index (χ0n) is 15.5. The molecule has 4 heteroatoms. The number of para-hydroxylation sites is 2. The molecule has 0 unspecified atom stereocenters. The van der Waals surface area contributed by atoms with E-state index in [9.17, 15) is 9.59 Å². The van der Waals surface area contributed by atoms with Crippen molar-refractivity contribution in [3.05, 3.63) is 95.6 Å². The molecule has 1 N–H and O–H groups in total.